The molecule has 2 unspecified atom stereocenters. The number of H-pyrrole nitrogens is 1. The van der Waals surface area contributed by atoms with E-state index in [2.05, 4.69) is 43.3 Å². The van der Waals surface area contributed by atoms with Gasteiger partial charge in [-0.2, -0.15) is 8.42 Å². The standard InChI is InChI=1S/C32H40BrN5O5.CH4O3S/c1-16(2)12-24-29(40)37-11-7-10-25(37)32(42)38(24)30(41)31(43-32,17(3)4)35-28(39)18-13-20-19-8-6-9-22-26(19)21(27(33)34-22)14-23(20)36(5)15-18;1-5(2,3)4/h6,8-9,13,16-18,23-25,34,42H,7,10-12,14-15H2,1-5H3,(H,35,39);1H3,(H,2,3,4)/t18-,23?,24+,25?,31-,32+;/m0./s1. The lowest BCUT2D eigenvalue weighted by Gasteiger charge is -2.49. The van der Waals surface area contributed by atoms with Gasteiger partial charge in [-0.05, 0) is 77.3 Å². The number of hydrogen-bond donors (Lipinski definition) is 4. The Morgan fingerprint density at radius 3 is 2.56 bits per heavy atom. The fourth-order valence-corrected chi connectivity index (χ4v) is 8.72. The Hall–Kier alpha value is -2.82. The van der Waals surface area contributed by atoms with E-state index in [-0.39, 0.29) is 23.8 Å². The highest BCUT2D eigenvalue weighted by molar-refractivity contribution is 9.10. The number of aliphatic hydroxyl groups is 1. The Labute approximate surface area is 288 Å². The average molecular weight is 751 g/mol. The summed E-state index contributed by atoms with van der Waals surface area (Å²) in [5.74, 6) is -4.01. The van der Waals surface area contributed by atoms with Crippen molar-refractivity contribution in [2.75, 3.05) is 26.4 Å². The molecule has 1 aliphatic carbocycles. The van der Waals surface area contributed by atoms with Gasteiger partial charge in [0.2, 0.25) is 17.5 Å². The van der Waals surface area contributed by atoms with Gasteiger partial charge >= 0.3 is 0 Å². The lowest BCUT2D eigenvalue weighted by molar-refractivity contribution is -0.322. The number of fused-ring (bicyclic) bond motifs is 5. The third kappa shape index (κ3) is 5.69. The number of benzene rings is 1. The van der Waals surface area contributed by atoms with Crippen LogP contribution in [0.15, 0.2) is 28.9 Å². The second-order valence-electron chi connectivity index (χ2n) is 14.4. The molecule has 5 heterocycles. The van der Waals surface area contributed by atoms with E-state index in [1.54, 1.807) is 18.7 Å². The minimum atomic E-state index is -3.67. The van der Waals surface area contributed by atoms with Crippen molar-refractivity contribution in [1.82, 2.24) is 25.0 Å². The molecule has 2 aromatic rings. The highest BCUT2D eigenvalue weighted by atomic mass is 79.9. The Balaban J connectivity index is 0.000000749. The summed E-state index contributed by atoms with van der Waals surface area (Å²) < 4.78 is 33.3. The van der Waals surface area contributed by atoms with Crippen molar-refractivity contribution < 1.29 is 37.2 Å². The molecule has 0 spiro atoms. The first-order valence-electron chi connectivity index (χ1n) is 16.4. The molecule has 0 bridgehead atoms. The van der Waals surface area contributed by atoms with E-state index in [0.717, 1.165) is 34.1 Å². The summed E-state index contributed by atoms with van der Waals surface area (Å²) in [6.45, 7) is 8.57. The van der Waals surface area contributed by atoms with Crippen molar-refractivity contribution in [3.8, 4) is 0 Å². The van der Waals surface area contributed by atoms with Crippen LogP contribution in [-0.4, -0.2) is 112 Å². The van der Waals surface area contributed by atoms with Crippen molar-refractivity contribution in [3.05, 3.63) is 40.0 Å². The van der Waals surface area contributed by atoms with Gasteiger partial charge in [-0.1, -0.05) is 45.9 Å². The van der Waals surface area contributed by atoms with Crippen LogP contribution in [0.5, 0.6) is 0 Å². The highest BCUT2D eigenvalue weighted by Crippen LogP contribution is 2.49. The van der Waals surface area contributed by atoms with E-state index in [1.807, 2.05) is 33.0 Å². The molecule has 5 aliphatic rings. The predicted octanol–water partition coefficient (Wildman–Crippen LogP) is 2.70. The van der Waals surface area contributed by atoms with Crippen molar-refractivity contribution >= 4 is 60.2 Å². The number of nitrogens with one attached hydrogen (secondary N) is 2. The maximum absolute atomic E-state index is 14.4. The summed E-state index contributed by atoms with van der Waals surface area (Å²) in [5.41, 5.74) is 2.68. The molecular formula is C33H44BrN5O8S. The zero-order valence-electron chi connectivity index (χ0n) is 28.0. The monoisotopic (exact) mass is 749 g/mol. The van der Waals surface area contributed by atoms with Gasteiger partial charge in [0.25, 0.3) is 21.9 Å². The highest BCUT2D eigenvalue weighted by Gasteiger charge is 2.72. The molecule has 0 radical (unpaired) electrons. The minimum absolute atomic E-state index is 0.104. The molecule has 7 rings (SSSR count). The number of aromatic nitrogens is 1. The van der Waals surface area contributed by atoms with Crippen LogP contribution < -0.4 is 5.32 Å². The predicted molar refractivity (Wildman–Crippen MR) is 182 cm³/mol. The number of halogens is 1. The van der Waals surface area contributed by atoms with Gasteiger partial charge in [-0.3, -0.25) is 33.5 Å². The number of aromatic amines is 1. The van der Waals surface area contributed by atoms with Gasteiger partial charge in [-0.15, -0.1) is 0 Å². The van der Waals surface area contributed by atoms with Gasteiger partial charge in [0.15, 0.2) is 0 Å². The van der Waals surface area contributed by atoms with Crippen molar-refractivity contribution in [2.45, 2.75) is 83.1 Å². The number of likely N-dealkylation sites (N-methyl/N-ethyl adjacent to an activating group) is 1. The van der Waals surface area contributed by atoms with Gasteiger partial charge in [0.1, 0.15) is 12.1 Å². The Morgan fingerprint density at radius 2 is 1.92 bits per heavy atom. The van der Waals surface area contributed by atoms with Crippen LogP contribution in [0, 0.1) is 17.8 Å². The third-order valence-electron chi connectivity index (χ3n) is 10.3. The molecule has 1 aromatic heterocycles. The zero-order valence-corrected chi connectivity index (χ0v) is 30.4. The normalized spacial score (nSPS) is 31.4. The average Bonchev–Trinajstić information content (AvgIpc) is 3.66. The SMILES string of the molecule is CC(C)C[C@@H]1C(=O)N2CCCC2[C@@]2(O)O[C@@](NC(=O)[C@H]3C=C4c5cccc6[nH]c(Br)c(c56)CC4N(C)C3)(C(C)C)C(=O)N12.CS(=O)(=O)O. The summed E-state index contributed by atoms with van der Waals surface area (Å²) >= 11 is 3.70. The summed E-state index contributed by atoms with van der Waals surface area (Å²) in [6, 6.07) is 4.76. The summed E-state index contributed by atoms with van der Waals surface area (Å²) in [7, 11) is -1.64. The number of carbonyl (C=O) groups is 3. The maximum atomic E-state index is 14.4. The summed E-state index contributed by atoms with van der Waals surface area (Å²) in [5, 5.41) is 16.3. The molecule has 4 N–H and O–H groups in total. The molecular weight excluding hydrogens is 706 g/mol. The number of rotatable bonds is 5. The Bertz CT molecular complexity index is 1800. The number of amides is 3. The van der Waals surface area contributed by atoms with E-state index in [4.69, 9.17) is 9.29 Å². The molecule has 262 valence electrons. The van der Waals surface area contributed by atoms with Crippen LogP contribution in [0.1, 0.15) is 58.1 Å². The van der Waals surface area contributed by atoms with Crippen LogP contribution >= 0.6 is 15.9 Å². The van der Waals surface area contributed by atoms with E-state index >= 15 is 0 Å². The first-order chi connectivity index (χ1) is 22.4. The second-order valence-corrected chi connectivity index (χ2v) is 16.7. The number of carbonyl (C=O) groups excluding carboxylic acids is 3. The minimum Gasteiger partial charge on any atom is -0.349 e. The lowest BCUT2D eigenvalue weighted by Crippen LogP contribution is -2.71. The van der Waals surface area contributed by atoms with Crippen LogP contribution in [0.3, 0.4) is 0 Å². The molecule has 4 aliphatic heterocycles. The fraction of sp³-hybridized carbons (Fsp3) is 0.606. The molecule has 3 amide bonds. The molecule has 3 fully saturated rings. The van der Waals surface area contributed by atoms with Gasteiger partial charge in [-0.25, -0.2) is 0 Å². The zero-order chi connectivity index (χ0) is 35.1. The summed E-state index contributed by atoms with van der Waals surface area (Å²) in [4.78, 5) is 50.8. The van der Waals surface area contributed by atoms with Gasteiger partial charge < -0.3 is 20.3 Å². The first-order valence-corrected chi connectivity index (χ1v) is 19.0. The summed E-state index contributed by atoms with van der Waals surface area (Å²) in [6.07, 6.45) is 5.20. The lowest BCUT2D eigenvalue weighted by atomic mass is 9.79. The largest absolute Gasteiger partial charge is 0.349 e. The van der Waals surface area contributed by atoms with Crippen LogP contribution in [-0.2, 0) is 35.7 Å². The van der Waals surface area contributed by atoms with Crippen LogP contribution in [0.2, 0.25) is 0 Å². The van der Waals surface area contributed by atoms with Crippen molar-refractivity contribution in [1.29, 1.82) is 0 Å². The number of piperazine rings is 1. The molecule has 13 nitrogen and oxygen atoms in total. The van der Waals surface area contributed by atoms with Crippen LogP contribution in [0.4, 0.5) is 0 Å². The molecule has 0 saturated carbocycles. The van der Waals surface area contributed by atoms with E-state index in [1.165, 1.54) is 15.8 Å². The Kier molecular flexibility index (Phi) is 8.90. The van der Waals surface area contributed by atoms with Crippen molar-refractivity contribution in [2.24, 2.45) is 17.8 Å². The molecule has 3 saturated heterocycles. The quantitative estimate of drug-likeness (QED) is 0.336. The number of nitrogens with zero attached hydrogens (tertiary/aromatic N) is 3. The molecule has 48 heavy (non-hydrogen) atoms. The first kappa shape index (κ1) is 35.0. The number of hydrogen-bond acceptors (Lipinski definition) is 8. The van der Waals surface area contributed by atoms with Gasteiger partial charge in [0, 0.05) is 36.0 Å². The van der Waals surface area contributed by atoms with Crippen molar-refractivity contribution in [3.63, 3.8) is 0 Å². The van der Waals surface area contributed by atoms with E-state index in [9.17, 15) is 27.9 Å². The number of ether oxygens (including phenoxy) is 1. The molecule has 15 heteroatoms. The Morgan fingerprint density at radius 1 is 1.23 bits per heavy atom. The topological polar surface area (TPSA) is 173 Å². The van der Waals surface area contributed by atoms with E-state index in [0.29, 0.717) is 32.2 Å². The second kappa shape index (κ2) is 12.2. The fourth-order valence-electron chi connectivity index (χ4n) is 8.15. The third-order valence-corrected chi connectivity index (χ3v) is 10.9. The van der Waals surface area contributed by atoms with E-state index < -0.39 is 51.6 Å². The molecule has 6 atom stereocenters. The van der Waals surface area contributed by atoms with Crippen LogP contribution in [0.25, 0.3) is 16.5 Å². The molecule has 1 aromatic carbocycles. The smallest absolute Gasteiger partial charge is 0.281 e. The maximum Gasteiger partial charge on any atom is 0.281 e. The van der Waals surface area contributed by atoms with Gasteiger partial charge in [0.05, 0.1) is 16.8 Å².